The van der Waals surface area contributed by atoms with Crippen LogP contribution >= 0.6 is 0 Å². The zero-order valence-electron chi connectivity index (χ0n) is 11.6. The number of nitrogens with two attached hydrogens (primary N) is 1. The van der Waals surface area contributed by atoms with E-state index in [-0.39, 0.29) is 24.4 Å². The zero-order chi connectivity index (χ0) is 13.8. The topological polar surface area (TPSA) is 83.0 Å². The first-order valence-corrected chi connectivity index (χ1v) is 6.85. The molecule has 1 aromatic rings. The Morgan fingerprint density at radius 2 is 2.37 bits per heavy atom. The summed E-state index contributed by atoms with van der Waals surface area (Å²) in [6.07, 6.45) is 3.13. The Morgan fingerprint density at radius 3 is 3.00 bits per heavy atom. The Labute approximate surface area is 113 Å². The van der Waals surface area contributed by atoms with Crippen molar-refractivity contribution in [3.8, 4) is 0 Å². The average Bonchev–Trinajstić information content (AvgIpc) is 2.98. The molecule has 2 atom stereocenters. The standard InChI is InChI=1S/C13H22N4O2/c1-9(2)7-17-13(15-8-16-17)5-11(18)12-4-3-10(6-14)19-12/h8-10,12H,3-7,14H2,1-2H3. The molecule has 2 rings (SSSR count). The predicted molar refractivity (Wildman–Crippen MR) is 70.5 cm³/mol. The van der Waals surface area contributed by atoms with Crippen LogP contribution in [0.3, 0.4) is 0 Å². The van der Waals surface area contributed by atoms with Gasteiger partial charge in [-0.1, -0.05) is 13.8 Å². The highest BCUT2D eigenvalue weighted by Crippen LogP contribution is 2.20. The number of rotatable bonds is 6. The molecule has 2 unspecified atom stereocenters. The van der Waals surface area contributed by atoms with Gasteiger partial charge in [-0.3, -0.25) is 4.79 Å². The molecule has 0 aliphatic carbocycles. The largest absolute Gasteiger partial charge is 0.366 e. The maximum atomic E-state index is 12.2. The molecule has 6 nitrogen and oxygen atoms in total. The van der Waals surface area contributed by atoms with Crippen molar-refractivity contribution in [3.63, 3.8) is 0 Å². The molecule has 19 heavy (non-hydrogen) atoms. The molecule has 1 aliphatic rings. The van der Waals surface area contributed by atoms with Gasteiger partial charge in [0.25, 0.3) is 0 Å². The van der Waals surface area contributed by atoms with E-state index in [1.54, 1.807) is 4.68 Å². The van der Waals surface area contributed by atoms with Crippen LogP contribution in [0.25, 0.3) is 0 Å². The number of carbonyl (C=O) groups is 1. The molecule has 1 saturated heterocycles. The number of ether oxygens (including phenoxy) is 1. The predicted octanol–water partition coefficient (Wildman–Crippen LogP) is 0.552. The maximum Gasteiger partial charge on any atom is 0.169 e. The van der Waals surface area contributed by atoms with Crippen LogP contribution < -0.4 is 5.73 Å². The highest BCUT2D eigenvalue weighted by molar-refractivity contribution is 5.84. The van der Waals surface area contributed by atoms with Crippen molar-refractivity contribution in [2.24, 2.45) is 11.7 Å². The lowest BCUT2D eigenvalue weighted by atomic mass is 10.1. The van der Waals surface area contributed by atoms with Gasteiger partial charge in [0.05, 0.1) is 12.5 Å². The second-order valence-electron chi connectivity index (χ2n) is 5.46. The van der Waals surface area contributed by atoms with Gasteiger partial charge in [-0.25, -0.2) is 9.67 Å². The summed E-state index contributed by atoms with van der Waals surface area (Å²) in [5.74, 6) is 1.27. The molecule has 0 saturated carbocycles. The summed E-state index contributed by atoms with van der Waals surface area (Å²) in [6, 6.07) is 0. The molecule has 1 fully saturated rings. The summed E-state index contributed by atoms with van der Waals surface area (Å²) >= 11 is 0. The molecule has 0 spiro atoms. The minimum absolute atomic E-state index is 0.0301. The molecule has 2 N–H and O–H groups in total. The Bertz CT molecular complexity index is 430. The van der Waals surface area contributed by atoms with Crippen molar-refractivity contribution in [3.05, 3.63) is 12.2 Å². The fourth-order valence-corrected chi connectivity index (χ4v) is 2.31. The van der Waals surface area contributed by atoms with Gasteiger partial charge >= 0.3 is 0 Å². The van der Waals surface area contributed by atoms with Crippen molar-refractivity contribution < 1.29 is 9.53 Å². The SMILES string of the molecule is CC(C)Cn1ncnc1CC(=O)C1CCC(CN)O1. The average molecular weight is 266 g/mol. The lowest BCUT2D eigenvalue weighted by Gasteiger charge is -2.12. The van der Waals surface area contributed by atoms with Gasteiger partial charge in [-0.15, -0.1) is 0 Å². The van der Waals surface area contributed by atoms with Gasteiger partial charge in [0.1, 0.15) is 18.3 Å². The van der Waals surface area contributed by atoms with Gasteiger partial charge in [-0.2, -0.15) is 5.10 Å². The number of Topliss-reactive ketones (excluding diaryl/α,β-unsaturated/α-hetero) is 1. The lowest BCUT2D eigenvalue weighted by Crippen LogP contribution is -2.27. The third-order valence-corrected chi connectivity index (χ3v) is 3.30. The molecule has 1 aromatic heterocycles. The van der Waals surface area contributed by atoms with Crippen molar-refractivity contribution in [2.45, 2.75) is 51.9 Å². The van der Waals surface area contributed by atoms with E-state index in [0.717, 1.165) is 25.2 Å². The van der Waals surface area contributed by atoms with Crippen LogP contribution in [0.4, 0.5) is 0 Å². The van der Waals surface area contributed by atoms with Crippen molar-refractivity contribution in [1.29, 1.82) is 0 Å². The van der Waals surface area contributed by atoms with E-state index in [0.29, 0.717) is 12.5 Å². The fourth-order valence-electron chi connectivity index (χ4n) is 2.31. The molecule has 1 aliphatic heterocycles. The zero-order valence-corrected chi connectivity index (χ0v) is 11.6. The van der Waals surface area contributed by atoms with E-state index in [2.05, 4.69) is 23.9 Å². The molecule has 2 heterocycles. The number of ketones is 1. The first-order valence-electron chi connectivity index (χ1n) is 6.85. The molecule has 0 amide bonds. The lowest BCUT2D eigenvalue weighted by molar-refractivity contribution is -0.129. The summed E-state index contributed by atoms with van der Waals surface area (Å²) in [4.78, 5) is 16.3. The molecule has 0 aromatic carbocycles. The number of aromatic nitrogens is 3. The van der Waals surface area contributed by atoms with Crippen LogP contribution in [-0.2, 0) is 22.5 Å². The van der Waals surface area contributed by atoms with E-state index >= 15 is 0 Å². The van der Waals surface area contributed by atoms with E-state index in [1.807, 2.05) is 0 Å². The highest BCUT2D eigenvalue weighted by atomic mass is 16.5. The van der Waals surface area contributed by atoms with Crippen LogP contribution in [-0.4, -0.2) is 39.3 Å². The number of nitrogens with zero attached hydrogens (tertiary/aromatic N) is 3. The van der Waals surface area contributed by atoms with Gasteiger partial charge in [-0.05, 0) is 18.8 Å². The first kappa shape index (κ1) is 14.1. The summed E-state index contributed by atoms with van der Waals surface area (Å²) in [7, 11) is 0. The van der Waals surface area contributed by atoms with Crippen LogP contribution in [0, 0.1) is 5.92 Å². The van der Waals surface area contributed by atoms with E-state index in [4.69, 9.17) is 10.5 Å². The minimum Gasteiger partial charge on any atom is -0.366 e. The third-order valence-electron chi connectivity index (χ3n) is 3.30. The highest BCUT2D eigenvalue weighted by Gasteiger charge is 2.30. The van der Waals surface area contributed by atoms with E-state index in [9.17, 15) is 4.79 Å². The summed E-state index contributed by atoms with van der Waals surface area (Å²) in [5.41, 5.74) is 5.55. The van der Waals surface area contributed by atoms with Gasteiger partial charge < -0.3 is 10.5 Å². The van der Waals surface area contributed by atoms with Crippen LogP contribution in [0.15, 0.2) is 6.33 Å². The first-order chi connectivity index (χ1) is 9.10. The molecular formula is C13H22N4O2. The second-order valence-corrected chi connectivity index (χ2v) is 5.46. The number of carbonyl (C=O) groups excluding carboxylic acids is 1. The Balaban J connectivity index is 1.94. The number of hydrogen-bond donors (Lipinski definition) is 1. The maximum absolute atomic E-state index is 12.2. The van der Waals surface area contributed by atoms with Crippen molar-refractivity contribution >= 4 is 5.78 Å². The fraction of sp³-hybridized carbons (Fsp3) is 0.769. The molecule has 0 bridgehead atoms. The number of hydrogen-bond acceptors (Lipinski definition) is 5. The molecule has 106 valence electrons. The molecular weight excluding hydrogens is 244 g/mol. The Kier molecular flexibility index (Phi) is 4.66. The summed E-state index contributed by atoms with van der Waals surface area (Å²) in [5, 5.41) is 4.16. The van der Waals surface area contributed by atoms with Crippen LogP contribution in [0.2, 0.25) is 0 Å². The van der Waals surface area contributed by atoms with E-state index < -0.39 is 0 Å². The van der Waals surface area contributed by atoms with E-state index in [1.165, 1.54) is 6.33 Å². The van der Waals surface area contributed by atoms with Gasteiger partial charge in [0.15, 0.2) is 5.78 Å². The van der Waals surface area contributed by atoms with Crippen LogP contribution in [0.5, 0.6) is 0 Å². The van der Waals surface area contributed by atoms with Gasteiger partial charge in [0.2, 0.25) is 0 Å². The minimum atomic E-state index is -0.322. The smallest absolute Gasteiger partial charge is 0.169 e. The van der Waals surface area contributed by atoms with Gasteiger partial charge in [0, 0.05) is 13.1 Å². The quantitative estimate of drug-likeness (QED) is 0.813. The molecule has 6 heteroatoms. The Hall–Kier alpha value is -1.27. The Morgan fingerprint density at radius 1 is 1.58 bits per heavy atom. The molecule has 0 radical (unpaired) electrons. The normalized spacial score (nSPS) is 23.2. The van der Waals surface area contributed by atoms with Crippen molar-refractivity contribution in [1.82, 2.24) is 14.8 Å². The van der Waals surface area contributed by atoms with Crippen molar-refractivity contribution in [2.75, 3.05) is 6.54 Å². The summed E-state index contributed by atoms with van der Waals surface area (Å²) in [6.45, 7) is 5.48. The summed E-state index contributed by atoms with van der Waals surface area (Å²) < 4.78 is 7.41. The monoisotopic (exact) mass is 266 g/mol. The second kappa shape index (κ2) is 6.25. The van der Waals surface area contributed by atoms with Crippen LogP contribution in [0.1, 0.15) is 32.5 Å². The third kappa shape index (κ3) is 3.61.